The van der Waals surface area contributed by atoms with Crippen molar-refractivity contribution < 1.29 is 67.4 Å². The summed E-state index contributed by atoms with van der Waals surface area (Å²) in [7, 11) is 0. The molecule has 102 heavy (non-hydrogen) atoms. The van der Waals surface area contributed by atoms with Crippen LogP contribution in [0.15, 0.2) is 59.7 Å². The Balaban J connectivity index is 1.34. The zero-order valence-corrected chi connectivity index (χ0v) is 59.7. The van der Waals surface area contributed by atoms with E-state index in [-0.39, 0.29) is 99.8 Å². The van der Waals surface area contributed by atoms with Crippen molar-refractivity contribution in [3.05, 3.63) is 65.9 Å². The van der Waals surface area contributed by atoms with Gasteiger partial charge in [0.25, 0.3) is 0 Å². The molecule has 0 aliphatic heterocycles. The number of unbranched alkanes of at least 4 members (excludes halogenated alkanes) is 4. The van der Waals surface area contributed by atoms with Gasteiger partial charge in [0.2, 0.25) is 76.8 Å². The molecule has 0 aliphatic rings. The van der Waals surface area contributed by atoms with Crippen molar-refractivity contribution >= 4 is 93.7 Å². The van der Waals surface area contributed by atoms with Crippen LogP contribution < -0.4 is 92.5 Å². The van der Waals surface area contributed by atoms with Crippen LogP contribution >= 0.6 is 0 Å². The van der Waals surface area contributed by atoms with Gasteiger partial charge < -0.3 is 103 Å². The summed E-state index contributed by atoms with van der Waals surface area (Å²) in [6, 6.07) is 5.11. The number of phenolic OH excluding ortho intramolecular Hbond substituents is 1. The Bertz CT molecular complexity index is 3250. The lowest BCUT2D eigenvalue weighted by atomic mass is 9.97. The summed E-state index contributed by atoms with van der Waals surface area (Å²) in [5, 5.41) is 42.5. The molecule has 0 unspecified atom stereocenters. The van der Waals surface area contributed by atoms with Gasteiger partial charge in [0, 0.05) is 69.0 Å². The standard InChI is InChI=1S/C69H111N19O14/c1-7-42(4)60(68(102)86-53(61(72)95)35-41(2)3)88-59(94)40-81-62(96)43(5)82-63(97)44(6)83-66(100)52(22-18-34-78-69(73)74)84-58(93)39-80-57(92)25-12-16-32-76-55(90)23-11-15-31-75-56(91)24-13-17-33-77-65(99)51(21-10-14-30-70)85-67(101)54(36-45-26-28-47(89)29-27-45)87-64(98)49(71)37-46-38-79-50-20-9-8-19-48(46)50/h8-9,19-20,26-29,38,41-44,49,51-54,60,79,89H,7,10-18,21-25,30-37,39-40,70-71H2,1-6H3,(H2,72,95)(H,75,91)(H,76,90)(H,77,99)(H,80,92)(H,81,96)(H,82,97)(H,83,100)(H,84,93)(H,85,101)(H,86,102)(H,87,98)(H,88,94)(H4,73,74,78)/t42-,43-,44-,49-,51-,52-,53-,54-,60-/m0/s1. The molecule has 0 bridgehead atoms. The Kier molecular flexibility index (Phi) is 40.0. The van der Waals surface area contributed by atoms with Crippen molar-refractivity contribution in [1.82, 2.24) is 68.8 Å². The third-order valence-corrected chi connectivity index (χ3v) is 16.6. The van der Waals surface area contributed by atoms with Crippen molar-refractivity contribution in [2.24, 2.45) is 45.5 Å². The average Bonchev–Trinajstić information content (AvgIpc) is 1.65. The van der Waals surface area contributed by atoms with Gasteiger partial charge in [-0.3, -0.25) is 67.3 Å². The zero-order valence-electron chi connectivity index (χ0n) is 59.7. The van der Waals surface area contributed by atoms with Gasteiger partial charge in [-0.05, 0) is 145 Å². The molecule has 13 amide bonds. The van der Waals surface area contributed by atoms with Gasteiger partial charge in [-0.2, -0.15) is 0 Å². The van der Waals surface area contributed by atoms with Crippen LogP contribution in [0.1, 0.15) is 155 Å². The molecular weight excluding hydrogens is 1320 g/mol. The van der Waals surface area contributed by atoms with Gasteiger partial charge in [0.1, 0.15) is 48.0 Å². The number of aromatic nitrogens is 1. The summed E-state index contributed by atoms with van der Waals surface area (Å²) in [6.45, 7) is 10.3. The highest BCUT2D eigenvalue weighted by molar-refractivity contribution is 5.97. The van der Waals surface area contributed by atoms with Gasteiger partial charge in [0.15, 0.2) is 5.96 Å². The van der Waals surface area contributed by atoms with Crippen LogP contribution in [-0.2, 0) is 75.2 Å². The summed E-state index contributed by atoms with van der Waals surface area (Å²) < 4.78 is 0. The predicted molar refractivity (Wildman–Crippen MR) is 384 cm³/mol. The number of aromatic hydroxyl groups is 1. The van der Waals surface area contributed by atoms with Crippen LogP contribution in [0.5, 0.6) is 5.75 Å². The highest BCUT2D eigenvalue weighted by Crippen LogP contribution is 2.20. The van der Waals surface area contributed by atoms with E-state index in [4.69, 9.17) is 28.7 Å². The number of nitrogens with two attached hydrogens (primary N) is 5. The first-order valence-corrected chi connectivity index (χ1v) is 35.1. The molecule has 0 radical (unpaired) electrons. The first kappa shape index (κ1) is 86.3. The summed E-state index contributed by atoms with van der Waals surface area (Å²) in [5.41, 5.74) is 30.9. The van der Waals surface area contributed by atoms with Crippen molar-refractivity contribution in [1.29, 1.82) is 0 Å². The molecule has 33 heteroatoms. The van der Waals surface area contributed by atoms with Crippen LogP contribution in [0, 0.1) is 11.8 Å². The molecule has 0 aliphatic carbocycles. The number of aromatic amines is 1. The molecule has 3 rings (SSSR count). The molecule has 9 atom stereocenters. The van der Waals surface area contributed by atoms with Crippen LogP contribution in [0.25, 0.3) is 10.9 Å². The number of hydrogen-bond donors (Lipinski definition) is 19. The number of para-hydroxylation sites is 1. The van der Waals surface area contributed by atoms with Crippen molar-refractivity contribution in [3.8, 4) is 5.75 Å². The summed E-state index contributed by atoms with van der Waals surface area (Å²) >= 11 is 0. The summed E-state index contributed by atoms with van der Waals surface area (Å²) in [6.07, 6.45) is 7.73. The van der Waals surface area contributed by atoms with E-state index in [1.807, 2.05) is 45.0 Å². The van der Waals surface area contributed by atoms with E-state index >= 15 is 0 Å². The number of rotatable bonds is 50. The lowest BCUT2D eigenvalue weighted by Gasteiger charge is -2.26. The fourth-order valence-electron chi connectivity index (χ4n) is 10.5. The van der Waals surface area contributed by atoms with Crippen LogP contribution in [0.3, 0.4) is 0 Å². The molecule has 0 spiro atoms. The lowest BCUT2D eigenvalue weighted by molar-refractivity contribution is -0.134. The van der Waals surface area contributed by atoms with Crippen molar-refractivity contribution in [3.63, 3.8) is 0 Å². The first-order valence-electron chi connectivity index (χ1n) is 35.1. The maximum Gasteiger partial charge on any atom is 0.243 e. The fraction of sp³-hybridized carbons (Fsp3) is 0.594. The highest BCUT2D eigenvalue weighted by Gasteiger charge is 2.32. The summed E-state index contributed by atoms with van der Waals surface area (Å²) in [5.74, 6) is -8.00. The third kappa shape index (κ3) is 34.4. The van der Waals surface area contributed by atoms with E-state index < -0.39 is 126 Å². The molecule has 2 aromatic carbocycles. The number of amides is 13. The minimum Gasteiger partial charge on any atom is -0.508 e. The number of nitrogens with zero attached hydrogens (tertiary/aromatic N) is 1. The van der Waals surface area contributed by atoms with Crippen LogP contribution in [0.2, 0.25) is 0 Å². The number of H-pyrrole nitrogens is 1. The number of carbonyl (C=O) groups excluding carboxylic acids is 13. The zero-order chi connectivity index (χ0) is 75.7. The Hall–Kier alpha value is -9.92. The highest BCUT2D eigenvalue weighted by atomic mass is 16.3. The largest absolute Gasteiger partial charge is 0.508 e. The van der Waals surface area contributed by atoms with Gasteiger partial charge in [-0.1, -0.05) is 64.4 Å². The van der Waals surface area contributed by atoms with Crippen molar-refractivity contribution in [2.45, 2.75) is 205 Å². The van der Waals surface area contributed by atoms with E-state index in [2.05, 4.69) is 73.8 Å². The van der Waals surface area contributed by atoms with Crippen molar-refractivity contribution in [2.75, 3.05) is 45.8 Å². The smallest absolute Gasteiger partial charge is 0.243 e. The first-order chi connectivity index (χ1) is 48.5. The number of phenols is 1. The summed E-state index contributed by atoms with van der Waals surface area (Å²) in [4.78, 5) is 177. The molecule has 1 aromatic heterocycles. The van der Waals surface area contributed by atoms with E-state index in [0.717, 1.165) is 16.5 Å². The second-order valence-corrected chi connectivity index (χ2v) is 25.9. The third-order valence-electron chi connectivity index (χ3n) is 16.6. The monoisotopic (exact) mass is 1430 g/mol. The maximum atomic E-state index is 14.0. The van der Waals surface area contributed by atoms with E-state index in [1.54, 1.807) is 25.3 Å². The maximum absolute atomic E-state index is 14.0. The fourth-order valence-corrected chi connectivity index (χ4v) is 10.5. The number of benzene rings is 2. The van der Waals surface area contributed by atoms with Crippen LogP contribution in [0.4, 0.5) is 0 Å². The number of primary amides is 1. The Morgan fingerprint density at radius 3 is 1.63 bits per heavy atom. The van der Waals surface area contributed by atoms with Gasteiger partial charge in [-0.25, -0.2) is 0 Å². The number of fused-ring (bicyclic) bond motifs is 1. The number of hydrogen-bond acceptors (Lipinski definition) is 17. The normalized spacial score (nSPS) is 13.7. The number of nitrogens with one attached hydrogen (secondary N) is 13. The Morgan fingerprint density at radius 1 is 0.500 bits per heavy atom. The second kappa shape index (κ2) is 47.2. The topological polar surface area (TPSA) is 545 Å². The molecule has 33 nitrogen and oxygen atoms in total. The van der Waals surface area contributed by atoms with E-state index in [0.29, 0.717) is 89.4 Å². The van der Waals surface area contributed by atoms with Crippen LogP contribution in [-0.4, -0.2) is 187 Å². The predicted octanol–water partition coefficient (Wildman–Crippen LogP) is -1.73. The number of carbonyl (C=O) groups is 13. The Morgan fingerprint density at radius 2 is 1.03 bits per heavy atom. The van der Waals surface area contributed by atoms with E-state index in [1.165, 1.54) is 26.0 Å². The SMILES string of the molecule is CC[C@H](C)[C@H](NC(=O)CNC(=O)[C@H](C)NC(=O)[C@H](C)NC(=O)[C@H](CCCN=C(N)N)NC(=O)CNC(=O)CCCCNC(=O)CCCCNC(=O)CCCCNC(=O)[C@H](CCCCN)NC(=O)[C@H](Cc1ccc(O)cc1)NC(=O)[C@@H](N)Cc1c[nH]c2ccccc12)C(=O)N[C@@H](CC(C)C)C(N)=O. The molecular formula is C69H111N19O14. The van der Waals surface area contributed by atoms with Gasteiger partial charge >= 0.3 is 0 Å². The molecule has 0 saturated heterocycles. The molecule has 0 fully saturated rings. The van der Waals surface area contributed by atoms with Gasteiger partial charge in [0.05, 0.1) is 19.1 Å². The average molecular weight is 1430 g/mol. The molecule has 566 valence electrons. The van der Waals surface area contributed by atoms with Gasteiger partial charge in [-0.15, -0.1) is 0 Å². The molecule has 24 N–H and O–H groups in total. The number of aliphatic imine (C=N–C) groups is 1. The Labute approximate surface area is 596 Å². The molecule has 0 saturated carbocycles. The molecule has 3 aromatic rings. The minimum atomic E-state index is -1.23. The lowest BCUT2D eigenvalue weighted by Crippen LogP contribution is -2.57. The minimum absolute atomic E-state index is 0.0204. The second-order valence-electron chi connectivity index (χ2n) is 25.9. The quantitative estimate of drug-likeness (QED) is 0.0170. The van der Waals surface area contributed by atoms with E-state index in [9.17, 15) is 67.4 Å². The molecule has 1 heterocycles. The number of guanidine groups is 1.